The van der Waals surface area contributed by atoms with Gasteiger partial charge in [0.25, 0.3) is 0 Å². The topological polar surface area (TPSA) is 28.2 Å². The minimum atomic E-state index is 0.724. The molecule has 0 saturated heterocycles. The summed E-state index contributed by atoms with van der Waals surface area (Å²) in [6.07, 6.45) is 7.11. The van der Waals surface area contributed by atoms with Gasteiger partial charge in [-0.1, -0.05) is 13.0 Å². The summed E-state index contributed by atoms with van der Waals surface area (Å²) in [5, 5.41) is 3.56. The summed E-state index contributed by atoms with van der Waals surface area (Å²) in [4.78, 5) is 6.87. The second-order valence-electron chi connectivity index (χ2n) is 5.30. The molecule has 100 valence electrons. The zero-order chi connectivity index (χ0) is 12.8. The highest BCUT2D eigenvalue weighted by atomic mass is 15.1. The third kappa shape index (κ3) is 3.79. The van der Waals surface area contributed by atoms with Crippen LogP contribution >= 0.6 is 0 Å². The van der Waals surface area contributed by atoms with Gasteiger partial charge in [-0.15, -0.1) is 0 Å². The van der Waals surface area contributed by atoms with Gasteiger partial charge < -0.3 is 5.32 Å². The first-order valence-electron chi connectivity index (χ1n) is 7.13. The monoisotopic (exact) mass is 247 g/mol. The molecule has 1 aliphatic carbocycles. The Morgan fingerprint density at radius 1 is 1.28 bits per heavy atom. The van der Waals surface area contributed by atoms with Crippen LogP contribution in [0.15, 0.2) is 24.4 Å². The van der Waals surface area contributed by atoms with Gasteiger partial charge in [-0.25, -0.2) is 0 Å². The van der Waals surface area contributed by atoms with Crippen LogP contribution in [0.4, 0.5) is 0 Å². The molecule has 3 nitrogen and oxygen atoms in total. The summed E-state index contributed by atoms with van der Waals surface area (Å²) in [6, 6.07) is 7.63. The Kier molecular flexibility index (Phi) is 5.14. The minimum Gasteiger partial charge on any atom is -0.314 e. The van der Waals surface area contributed by atoms with E-state index in [1.165, 1.54) is 31.4 Å². The molecule has 0 aromatic carbocycles. The maximum atomic E-state index is 4.40. The van der Waals surface area contributed by atoms with Crippen molar-refractivity contribution >= 4 is 0 Å². The number of pyridine rings is 1. The van der Waals surface area contributed by atoms with E-state index >= 15 is 0 Å². The molecule has 1 N–H and O–H groups in total. The van der Waals surface area contributed by atoms with Crippen molar-refractivity contribution < 1.29 is 0 Å². The van der Waals surface area contributed by atoms with E-state index in [1.54, 1.807) is 0 Å². The van der Waals surface area contributed by atoms with E-state index in [1.807, 2.05) is 12.3 Å². The van der Waals surface area contributed by atoms with E-state index in [9.17, 15) is 0 Å². The summed E-state index contributed by atoms with van der Waals surface area (Å²) in [5.74, 6) is 0. The van der Waals surface area contributed by atoms with E-state index in [2.05, 4.69) is 41.3 Å². The average molecular weight is 247 g/mol. The van der Waals surface area contributed by atoms with Crippen LogP contribution in [-0.4, -0.2) is 35.6 Å². The van der Waals surface area contributed by atoms with Crippen molar-refractivity contribution in [2.24, 2.45) is 0 Å². The highest BCUT2D eigenvalue weighted by molar-refractivity contribution is 5.03. The largest absolute Gasteiger partial charge is 0.314 e. The lowest BCUT2D eigenvalue weighted by atomic mass is 9.90. The minimum absolute atomic E-state index is 0.724. The third-order valence-corrected chi connectivity index (χ3v) is 3.95. The van der Waals surface area contributed by atoms with Crippen LogP contribution in [0, 0.1) is 0 Å². The van der Waals surface area contributed by atoms with Crippen LogP contribution in [0.5, 0.6) is 0 Å². The van der Waals surface area contributed by atoms with Crippen LogP contribution in [0.25, 0.3) is 0 Å². The molecule has 1 saturated carbocycles. The molecule has 1 heterocycles. The maximum Gasteiger partial charge on any atom is 0.0543 e. The summed E-state index contributed by atoms with van der Waals surface area (Å²) in [7, 11) is 2.23. The van der Waals surface area contributed by atoms with Crippen molar-refractivity contribution in [3.8, 4) is 0 Å². The van der Waals surface area contributed by atoms with Crippen LogP contribution in [0.1, 0.15) is 38.3 Å². The molecule has 3 heteroatoms. The first-order chi connectivity index (χ1) is 8.79. The summed E-state index contributed by atoms with van der Waals surface area (Å²) >= 11 is 0. The molecular weight excluding hydrogens is 222 g/mol. The van der Waals surface area contributed by atoms with Crippen LogP contribution in [-0.2, 0) is 6.54 Å². The van der Waals surface area contributed by atoms with Crippen molar-refractivity contribution in [2.75, 3.05) is 13.6 Å². The van der Waals surface area contributed by atoms with Gasteiger partial charge in [0.05, 0.1) is 5.69 Å². The van der Waals surface area contributed by atoms with Gasteiger partial charge in [0.1, 0.15) is 0 Å². The molecule has 2 rings (SSSR count). The zero-order valence-electron chi connectivity index (χ0n) is 11.6. The van der Waals surface area contributed by atoms with Crippen molar-refractivity contribution in [1.82, 2.24) is 15.2 Å². The predicted molar refractivity (Wildman–Crippen MR) is 75.4 cm³/mol. The normalized spacial score (nSPS) is 24.4. The first-order valence-corrected chi connectivity index (χ1v) is 7.13. The fourth-order valence-corrected chi connectivity index (χ4v) is 2.89. The predicted octanol–water partition coefficient (Wildman–Crippen LogP) is 2.43. The molecule has 0 atom stereocenters. The Hall–Kier alpha value is -0.930. The van der Waals surface area contributed by atoms with Gasteiger partial charge in [0, 0.05) is 24.8 Å². The molecule has 1 fully saturated rings. The lowest BCUT2D eigenvalue weighted by molar-refractivity contribution is 0.167. The summed E-state index contributed by atoms with van der Waals surface area (Å²) in [6.45, 7) is 4.26. The zero-order valence-corrected chi connectivity index (χ0v) is 11.6. The molecule has 0 amide bonds. The molecule has 1 aliphatic rings. The molecule has 0 unspecified atom stereocenters. The van der Waals surface area contributed by atoms with Crippen molar-refractivity contribution in [3.05, 3.63) is 30.1 Å². The van der Waals surface area contributed by atoms with Gasteiger partial charge >= 0.3 is 0 Å². The standard InChI is InChI=1S/C15H25N3/c1-3-16-13-7-9-15(10-8-13)18(2)12-14-6-4-5-11-17-14/h4-6,11,13,15-16H,3,7-10,12H2,1-2H3. The van der Waals surface area contributed by atoms with E-state index < -0.39 is 0 Å². The molecule has 18 heavy (non-hydrogen) atoms. The number of hydrogen-bond donors (Lipinski definition) is 1. The Labute approximate surface area is 111 Å². The first kappa shape index (κ1) is 13.5. The van der Waals surface area contributed by atoms with Crippen molar-refractivity contribution in [3.63, 3.8) is 0 Å². The molecule has 0 bridgehead atoms. The number of aromatic nitrogens is 1. The number of hydrogen-bond acceptors (Lipinski definition) is 3. The van der Waals surface area contributed by atoms with E-state index in [-0.39, 0.29) is 0 Å². The molecule has 1 aromatic heterocycles. The second-order valence-corrected chi connectivity index (χ2v) is 5.30. The van der Waals surface area contributed by atoms with E-state index in [0.29, 0.717) is 0 Å². The second kappa shape index (κ2) is 6.86. The number of rotatable bonds is 5. The van der Waals surface area contributed by atoms with Gasteiger partial charge in [-0.2, -0.15) is 0 Å². The SMILES string of the molecule is CCNC1CCC(N(C)Cc2ccccn2)CC1. The van der Waals surface area contributed by atoms with Crippen molar-refractivity contribution in [2.45, 2.75) is 51.2 Å². The third-order valence-electron chi connectivity index (χ3n) is 3.95. The lowest BCUT2D eigenvalue weighted by Crippen LogP contribution is -2.40. The highest BCUT2D eigenvalue weighted by Gasteiger charge is 2.23. The van der Waals surface area contributed by atoms with Gasteiger partial charge in [-0.05, 0) is 51.4 Å². The maximum absolute atomic E-state index is 4.40. The van der Waals surface area contributed by atoms with Crippen molar-refractivity contribution in [1.29, 1.82) is 0 Å². The Balaban J connectivity index is 1.79. The summed E-state index contributed by atoms with van der Waals surface area (Å²) < 4.78 is 0. The molecular formula is C15H25N3. The fraction of sp³-hybridized carbons (Fsp3) is 0.667. The Morgan fingerprint density at radius 3 is 2.67 bits per heavy atom. The molecule has 0 radical (unpaired) electrons. The number of nitrogens with zero attached hydrogens (tertiary/aromatic N) is 2. The van der Waals surface area contributed by atoms with Gasteiger partial charge in [-0.3, -0.25) is 9.88 Å². The number of nitrogens with one attached hydrogen (secondary N) is 1. The Morgan fingerprint density at radius 2 is 2.06 bits per heavy atom. The van der Waals surface area contributed by atoms with Crippen LogP contribution in [0.2, 0.25) is 0 Å². The van der Waals surface area contributed by atoms with E-state index in [4.69, 9.17) is 0 Å². The lowest BCUT2D eigenvalue weighted by Gasteiger charge is -2.34. The quantitative estimate of drug-likeness (QED) is 0.866. The van der Waals surface area contributed by atoms with Gasteiger partial charge in [0.15, 0.2) is 0 Å². The van der Waals surface area contributed by atoms with E-state index in [0.717, 1.165) is 25.2 Å². The van der Waals surface area contributed by atoms with Crippen LogP contribution < -0.4 is 5.32 Å². The van der Waals surface area contributed by atoms with Gasteiger partial charge in [0.2, 0.25) is 0 Å². The molecule has 0 spiro atoms. The highest BCUT2D eigenvalue weighted by Crippen LogP contribution is 2.23. The average Bonchev–Trinajstić information content (AvgIpc) is 2.41. The Bertz CT molecular complexity index is 331. The fourth-order valence-electron chi connectivity index (χ4n) is 2.89. The summed E-state index contributed by atoms with van der Waals surface area (Å²) in [5.41, 5.74) is 1.17. The molecule has 0 aliphatic heterocycles. The molecule has 1 aromatic rings. The smallest absolute Gasteiger partial charge is 0.0543 e. The van der Waals surface area contributed by atoms with Crippen LogP contribution in [0.3, 0.4) is 0 Å².